The number of carbonyl (C=O) groups is 3. The molecular weight excluding hydrogens is 374 g/mol. The molecule has 8 N–H and O–H groups in total. The highest BCUT2D eigenvalue weighted by atomic mass is 16.5. The van der Waals surface area contributed by atoms with Gasteiger partial charge in [-0.1, -0.05) is 24.3 Å². The Morgan fingerprint density at radius 1 is 1.00 bits per heavy atom. The molecule has 0 aromatic heterocycles. The van der Waals surface area contributed by atoms with E-state index in [-0.39, 0.29) is 12.5 Å². The standard InChI is InChI=1S/C20H25N5O4/c21-10-2-5-18(26)23-16-4-1-3-15(11-16)13-6-8-14(9-7-13)19(27)24-17(12-22)20(28)25-29/h1,3-4,6-9,11,17,29H,2,5,10,12,21-22H2,(H,23,26)(H,24,27)(H,25,28)/t17-/m0/s1. The predicted octanol–water partition coefficient (Wildman–Crippen LogP) is 0.594. The molecule has 0 aliphatic heterocycles. The molecule has 0 aliphatic rings. The smallest absolute Gasteiger partial charge is 0.267 e. The van der Waals surface area contributed by atoms with Crippen molar-refractivity contribution in [1.82, 2.24) is 10.8 Å². The van der Waals surface area contributed by atoms with Crippen molar-refractivity contribution in [1.29, 1.82) is 0 Å². The summed E-state index contributed by atoms with van der Waals surface area (Å²) < 4.78 is 0. The molecule has 9 nitrogen and oxygen atoms in total. The molecule has 0 spiro atoms. The molecule has 0 saturated carbocycles. The van der Waals surface area contributed by atoms with Crippen LogP contribution in [0.1, 0.15) is 23.2 Å². The fourth-order valence-electron chi connectivity index (χ4n) is 2.63. The summed E-state index contributed by atoms with van der Waals surface area (Å²) in [5.41, 5.74) is 15.0. The Balaban J connectivity index is 2.08. The van der Waals surface area contributed by atoms with Crippen molar-refractivity contribution in [3.8, 4) is 11.1 Å². The lowest BCUT2D eigenvalue weighted by atomic mass is 10.0. The second-order valence-electron chi connectivity index (χ2n) is 6.34. The van der Waals surface area contributed by atoms with Crippen LogP contribution in [0.4, 0.5) is 5.69 Å². The van der Waals surface area contributed by atoms with E-state index in [0.29, 0.717) is 30.6 Å². The minimum absolute atomic E-state index is 0.0963. The van der Waals surface area contributed by atoms with Gasteiger partial charge >= 0.3 is 0 Å². The van der Waals surface area contributed by atoms with E-state index in [1.807, 2.05) is 18.2 Å². The minimum atomic E-state index is -1.04. The first kappa shape index (κ1) is 22.0. The molecule has 0 heterocycles. The van der Waals surface area contributed by atoms with Gasteiger partial charge in [0, 0.05) is 24.2 Å². The summed E-state index contributed by atoms with van der Waals surface area (Å²) in [5, 5.41) is 13.9. The molecule has 3 amide bonds. The molecule has 0 unspecified atom stereocenters. The number of carbonyl (C=O) groups excluding carboxylic acids is 3. The van der Waals surface area contributed by atoms with Crippen LogP contribution in [0.25, 0.3) is 11.1 Å². The van der Waals surface area contributed by atoms with Gasteiger partial charge < -0.3 is 22.1 Å². The maximum Gasteiger partial charge on any atom is 0.267 e. The molecule has 154 valence electrons. The molecule has 2 aromatic rings. The van der Waals surface area contributed by atoms with Crippen molar-refractivity contribution in [3.05, 3.63) is 54.1 Å². The fourth-order valence-corrected chi connectivity index (χ4v) is 2.63. The molecule has 0 saturated heterocycles. The summed E-state index contributed by atoms with van der Waals surface area (Å²) in [5.74, 6) is -1.37. The third kappa shape index (κ3) is 6.39. The predicted molar refractivity (Wildman–Crippen MR) is 109 cm³/mol. The first-order valence-corrected chi connectivity index (χ1v) is 9.13. The summed E-state index contributed by atoms with van der Waals surface area (Å²) in [4.78, 5) is 35.5. The van der Waals surface area contributed by atoms with E-state index >= 15 is 0 Å². The van der Waals surface area contributed by atoms with E-state index in [0.717, 1.165) is 11.1 Å². The van der Waals surface area contributed by atoms with Crippen molar-refractivity contribution in [2.24, 2.45) is 11.5 Å². The Hall–Kier alpha value is -3.27. The average molecular weight is 399 g/mol. The van der Waals surface area contributed by atoms with Gasteiger partial charge in [0.15, 0.2) is 0 Å². The van der Waals surface area contributed by atoms with Crippen molar-refractivity contribution in [2.75, 3.05) is 18.4 Å². The number of nitrogens with two attached hydrogens (primary N) is 2. The summed E-state index contributed by atoms with van der Waals surface area (Å²) in [6, 6.07) is 13.1. The maximum atomic E-state index is 12.3. The lowest BCUT2D eigenvalue weighted by Crippen LogP contribution is -2.50. The number of hydrogen-bond donors (Lipinski definition) is 6. The highest BCUT2D eigenvalue weighted by Crippen LogP contribution is 2.23. The summed E-state index contributed by atoms with van der Waals surface area (Å²) in [6.07, 6.45) is 0.989. The second kappa shape index (κ2) is 10.9. The summed E-state index contributed by atoms with van der Waals surface area (Å²) in [6.45, 7) is 0.310. The molecule has 0 fully saturated rings. The van der Waals surface area contributed by atoms with Gasteiger partial charge in [-0.2, -0.15) is 0 Å². The quantitative estimate of drug-likeness (QED) is 0.267. The van der Waals surface area contributed by atoms with Gasteiger partial charge in [-0.3, -0.25) is 19.6 Å². The first-order valence-electron chi connectivity index (χ1n) is 9.13. The van der Waals surface area contributed by atoms with Crippen LogP contribution in [0, 0.1) is 0 Å². The van der Waals surface area contributed by atoms with E-state index in [2.05, 4.69) is 10.6 Å². The molecule has 0 aliphatic carbocycles. The van der Waals surface area contributed by atoms with E-state index < -0.39 is 17.9 Å². The number of anilines is 1. The van der Waals surface area contributed by atoms with Crippen LogP contribution < -0.4 is 27.6 Å². The molecule has 2 aromatic carbocycles. The highest BCUT2D eigenvalue weighted by molar-refractivity contribution is 5.98. The van der Waals surface area contributed by atoms with Crippen molar-refractivity contribution in [3.63, 3.8) is 0 Å². The van der Waals surface area contributed by atoms with Crippen LogP contribution in [0.15, 0.2) is 48.5 Å². The first-order chi connectivity index (χ1) is 14.0. The molecular formula is C20H25N5O4. The van der Waals surface area contributed by atoms with Crippen molar-refractivity contribution < 1.29 is 19.6 Å². The van der Waals surface area contributed by atoms with Crippen LogP contribution in [0.2, 0.25) is 0 Å². The van der Waals surface area contributed by atoms with Crippen molar-refractivity contribution in [2.45, 2.75) is 18.9 Å². The third-order valence-electron chi connectivity index (χ3n) is 4.20. The topological polar surface area (TPSA) is 160 Å². The normalized spacial score (nSPS) is 11.4. The fraction of sp³-hybridized carbons (Fsp3) is 0.250. The number of amides is 3. The van der Waals surface area contributed by atoms with Crippen LogP contribution >= 0.6 is 0 Å². The van der Waals surface area contributed by atoms with Crippen LogP contribution in [-0.2, 0) is 9.59 Å². The Morgan fingerprint density at radius 3 is 2.34 bits per heavy atom. The van der Waals surface area contributed by atoms with Gasteiger partial charge in [0.05, 0.1) is 0 Å². The molecule has 2 rings (SSSR count). The van der Waals surface area contributed by atoms with E-state index in [1.54, 1.807) is 30.3 Å². The largest absolute Gasteiger partial charge is 0.339 e. The number of hydrogen-bond acceptors (Lipinski definition) is 6. The molecule has 1 atom stereocenters. The maximum absolute atomic E-state index is 12.3. The Bertz CT molecular complexity index is 854. The molecule has 0 bridgehead atoms. The van der Waals surface area contributed by atoms with Gasteiger partial charge in [0.25, 0.3) is 11.8 Å². The molecule has 0 radical (unpaired) electrons. The van der Waals surface area contributed by atoms with Gasteiger partial charge in [-0.15, -0.1) is 0 Å². The van der Waals surface area contributed by atoms with Crippen molar-refractivity contribution >= 4 is 23.4 Å². The molecule has 29 heavy (non-hydrogen) atoms. The lowest BCUT2D eigenvalue weighted by Gasteiger charge is -2.14. The number of rotatable bonds is 9. The number of hydroxylamine groups is 1. The number of nitrogens with one attached hydrogen (secondary N) is 3. The molecule has 9 heteroatoms. The lowest BCUT2D eigenvalue weighted by molar-refractivity contribution is -0.130. The van der Waals surface area contributed by atoms with Crippen LogP contribution in [0.5, 0.6) is 0 Å². The van der Waals surface area contributed by atoms with E-state index in [4.69, 9.17) is 16.7 Å². The average Bonchev–Trinajstić information content (AvgIpc) is 2.75. The SMILES string of the molecule is NCCCC(=O)Nc1cccc(-c2ccc(C(=O)N[C@@H](CN)C(=O)NO)cc2)c1. The Labute approximate surface area is 168 Å². The zero-order valence-electron chi connectivity index (χ0n) is 15.9. The van der Waals surface area contributed by atoms with Gasteiger partial charge in [-0.25, -0.2) is 5.48 Å². The zero-order valence-corrected chi connectivity index (χ0v) is 15.9. The summed E-state index contributed by atoms with van der Waals surface area (Å²) in [7, 11) is 0. The Kier molecular flexibility index (Phi) is 8.28. The highest BCUT2D eigenvalue weighted by Gasteiger charge is 2.19. The van der Waals surface area contributed by atoms with E-state index in [9.17, 15) is 14.4 Å². The zero-order chi connectivity index (χ0) is 21.2. The second-order valence-corrected chi connectivity index (χ2v) is 6.34. The monoisotopic (exact) mass is 399 g/mol. The van der Waals surface area contributed by atoms with Gasteiger partial charge in [0.1, 0.15) is 6.04 Å². The minimum Gasteiger partial charge on any atom is -0.339 e. The third-order valence-corrected chi connectivity index (χ3v) is 4.20. The van der Waals surface area contributed by atoms with Crippen LogP contribution in [0.3, 0.4) is 0 Å². The Morgan fingerprint density at radius 2 is 1.72 bits per heavy atom. The summed E-state index contributed by atoms with van der Waals surface area (Å²) >= 11 is 0. The van der Waals surface area contributed by atoms with Gasteiger partial charge in [0.2, 0.25) is 5.91 Å². The van der Waals surface area contributed by atoms with Gasteiger partial charge in [-0.05, 0) is 48.4 Å². The van der Waals surface area contributed by atoms with E-state index in [1.165, 1.54) is 5.48 Å². The van der Waals surface area contributed by atoms with Crippen LogP contribution in [-0.4, -0.2) is 42.1 Å². The number of benzene rings is 2.